The van der Waals surface area contributed by atoms with Crippen LogP contribution in [0.15, 0.2) is 82.5 Å². The van der Waals surface area contributed by atoms with Gasteiger partial charge in [0.25, 0.3) is 0 Å². The minimum absolute atomic E-state index is 0.0323. The number of dihydropyridines is 1. The van der Waals surface area contributed by atoms with Gasteiger partial charge >= 0.3 is 0 Å². The fourth-order valence-electron chi connectivity index (χ4n) is 2.76. The lowest BCUT2D eigenvalue weighted by Gasteiger charge is -2.28. The molecule has 0 saturated heterocycles. The number of halogens is 1. The van der Waals surface area contributed by atoms with Gasteiger partial charge in [0.05, 0.1) is 5.71 Å². The van der Waals surface area contributed by atoms with E-state index in [0.717, 1.165) is 28.1 Å². The van der Waals surface area contributed by atoms with Crippen molar-refractivity contribution >= 4 is 23.0 Å². The van der Waals surface area contributed by atoms with Crippen LogP contribution < -0.4 is 5.32 Å². The molecule has 1 N–H and O–H groups in total. The van der Waals surface area contributed by atoms with Crippen molar-refractivity contribution in [3.63, 3.8) is 0 Å². The minimum atomic E-state index is -0.0323. The molecule has 2 heterocycles. The number of allylic oxidation sites excluding steroid dienone is 1. The first-order valence-corrected chi connectivity index (χ1v) is 7.27. The van der Waals surface area contributed by atoms with Crippen LogP contribution in [-0.4, -0.2) is 5.71 Å². The minimum Gasteiger partial charge on any atom is -0.346 e. The predicted molar refractivity (Wildman–Crippen MR) is 87.8 cm³/mol. The molecule has 102 valence electrons. The standard InChI is InChI=1S/C18H13ClN2/c19-18-14-10-11-15(12-6-2-1-3-7-12)20-17(14)13-8-4-5-9-16(13)21-18/h1-11,17,21H. The van der Waals surface area contributed by atoms with E-state index in [9.17, 15) is 0 Å². The second-order valence-electron chi connectivity index (χ2n) is 5.10. The van der Waals surface area contributed by atoms with Gasteiger partial charge in [-0.1, -0.05) is 66.2 Å². The first kappa shape index (κ1) is 12.4. The molecule has 2 aliphatic rings. The van der Waals surface area contributed by atoms with Crippen LogP contribution in [0.25, 0.3) is 0 Å². The van der Waals surface area contributed by atoms with E-state index in [1.54, 1.807) is 0 Å². The average Bonchev–Trinajstić information content (AvgIpc) is 2.55. The van der Waals surface area contributed by atoms with E-state index < -0.39 is 0 Å². The summed E-state index contributed by atoms with van der Waals surface area (Å²) in [6, 6.07) is 18.4. The number of hydrogen-bond donors (Lipinski definition) is 1. The number of para-hydroxylation sites is 1. The third kappa shape index (κ3) is 2.08. The number of anilines is 1. The number of nitrogens with zero attached hydrogens (tertiary/aromatic N) is 1. The molecule has 0 bridgehead atoms. The van der Waals surface area contributed by atoms with Crippen molar-refractivity contribution in [1.29, 1.82) is 0 Å². The van der Waals surface area contributed by atoms with Crippen molar-refractivity contribution < 1.29 is 0 Å². The fourth-order valence-corrected chi connectivity index (χ4v) is 3.03. The highest BCUT2D eigenvalue weighted by molar-refractivity contribution is 6.32. The Bertz CT molecular complexity index is 788. The average molecular weight is 293 g/mol. The molecule has 0 spiro atoms. The molecule has 0 amide bonds. The van der Waals surface area contributed by atoms with Crippen LogP contribution in [0.2, 0.25) is 0 Å². The van der Waals surface area contributed by atoms with Crippen molar-refractivity contribution in [3.05, 3.63) is 88.6 Å². The molecule has 2 aliphatic heterocycles. The number of fused-ring (bicyclic) bond motifs is 3. The van der Waals surface area contributed by atoms with Gasteiger partial charge in [0.2, 0.25) is 0 Å². The third-order valence-corrected chi connectivity index (χ3v) is 4.12. The second kappa shape index (κ2) is 4.90. The Morgan fingerprint density at radius 2 is 1.67 bits per heavy atom. The van der Waals surface area contributed by atoms with E-state index in [-0.39, 0.29) is 6.04 Å². The molecule has 2 aromatic rings. The van der Waals surface area contributed by atoms with Gasteiger partial charge in [-0.15, -0.1) is 0 Å². The molecule has 0 saturated carbocycles. The Morgan fingerprint density at radius 3 is 2.52 bits per heavy atom. The molecule has 2 aromatic carbocycles. The first-order valence-electron chi connectivity index (χ1n) is 6.90. The maximum absolute atomic E-state index is 6.36. The maximum atomic E-state index is 6.36. The summed E-state index contributed by atoms with van der Waals surface area (Å²) >= 11 is 6.36. The van der Waals surface area contributed by atoms with E-state index in [4.69, 9.17) is 16.6 Å². The summed E-state index contributed by atoms with van der Waals surface area (Å²) in [5.41, 5.74) is 5.33. The molecule has 4 rings (SSSR count). The van der Waals surface area contributed by atoms with Crippen LogP contribution >= 0.6 is 11.6 Å². The molecule has 2 nitrogen and oxygen atoms in total. The highest BCUT2D eigenvalue weighted by Crippen LogP contribution is 2.41. The zero-order valence-electron chi connectivity index (χ0n) is 11.3. The lowest BCUT2D eigenvalue weighted by Crippen LogP contribution is -2.17. The van der Waals surface area contributed by atoms with Gasteiger partial charge in [0.15, 0.2) is 0 Å². The van der Waals surface area contributed by atoms with E-state index in [1.165, 1.54) is 0 Å². The van der Waals surface area contributed by atoms with Gasteiger partial charge in [-0.25, -0.2) is 0 Å². The van der Waals surface area contributed by atoms with Gasteiger partial charge in [-0.2, -0.15) is 0 Å². The smallest absolute Gasteiger partial charge is 0.112 e. The molecule has 21 heavy (non-hydrogen) atoms. The highest BCUT2D eigenvalue weighted by Gasteiger charge is 2.27. The van der Waals surface area contributed by atoms with Crippen molar-refractivity contribution in [1.82, 2.24) is 0 Å². The van der Waals surface area contributed by atoms with Crippen molar-refractivity contribution in [2.75, 3.05) is 5.32 Å². The molecule has 0 aliphatic carbocycles. The lowest BCUT2D eigenvalue weighted by atomic mass is 9.91. The topological polar surface area (TPSA) is 24.4 Å². The zero-order valence-corrected chi connectivity index (χ0v) is 12.0. The van der Waals surface area contributed by atoms with Gasteiger partial charge in [-0.3, -0.25) is 4.99 Å². The summed E-state index contributed by atoms with van der Waals surface area (Å²) < 4.78 is 0. The van der Waals surface area contributed by atoms with E-state index >= 15 is 0 Å². The molecular formula is C18H13ClN2. The number of benzene rings is 2. The number of rotatable bonds is 1. The molecule has 0 radical (unpaired) electrons. The summed E-state index contributed by atoms with van der Waals surface area (Å²) in [4.78, 5) is 4.91. The Kier molecular flexibility index (Phi) is 2.90. The maximum Gasteiger partial charge on any atom is 0.112 e. The summed E-state index contributed by atoms with van der Waals surface area (Å²) in [6.45, 7) is 0. The summed E-state index contributed by atoms with van der Waals surface area (Å²) in [5, 5.41) is 3.90. The molecule has 3 heteroatoms. The van der Waals surface area contributed by atoms with E-state index in [0.29, 0.717) is 5.16 Å². The molecule has 0 fully saturated rings. The van der Waals surface area contributed by atoms with Crippen LogP contribution in [-0.2, 0) is 0 Å². The quantitative estimate of drug-likeness (QED) is 0.759. The van der Waals surface area contributed by atoms with Gasteiger partial charge < -0.3 is 5.32 Å². The molecule has 0 aromatic heterocycles. The van der Waals surface area contributed by atoms with E-state index in [2.05, 4.69) is 29.6 Å². The monoisotopic (exact) mass is 292 g/mol. The SMILES string of the molecule is ClC1=C2C=CC(c3ccccc3)=NC2c2ccccc2N1. The Balaban J connectivity index is 1.84. The van der Waals surface area contributed by atoms with Crippen LogP contribution in [0.5, 0.6) is 0 Å². The lowest BCUT2D eigenvalue weighted by molar-refractivity contribution is 0.850. The van der Waals surface area contributed by atoms with Crippen molar-refractivity contribution in [3.8, 4) is 0 Å². The summed E-state index contributed by atoms with van der Waals surface area (Å²) in [5.74, 6) is 0. The Labute approximate surface area is 128 Å². The van der Waals surface area contributed by atoms with Crippen LogP contribution in [0.4, 0.5) is 5.69 Å². The second-order valence-corrected chi connectivity index (χ2v) is 5.48. The number of nitrogens with one attached hydrogen (secondary N) is 1. The normalized spacial score (nSPS) is 19.5. The number of aliphatic imine (C=N–C) groups is 1. The predicted octanol–water partition coefficient (Wildman–Crippen LogP) is 4.66. The Hall–Kier alpha value is -2.32. The van der Waals surface area contributed by atoms with E-state index in [1.807, 2.05) is 42.5 Å². The van der Waals surface area contributed by atoms with Crippen LogP contribution in [0.1, 0.15) is 17.2 Å². The molecular weight excluding hydrogens is 280 g/mol. The number of hydrogen-bond acceptors (Lipinski definition) is 2. The molecule has 1 atom stereocenters. The van der Waals surface area contributed by atoms with Gasteiger partial charge in [0, 0.05) is 16.8 Å². The first-order chi connectivity index (χ1) is 10.3. The largest absolute Gasteiger partial charge is 0.346 e. The van der Waals surface area contributed by atoms with Crippen molar-refractivity contribution in [2.45, 2.75) is 6.04 Å². The van der Waals surface area contributed by atoms with Crippen LogP contribution in [0.3, 0.4) is 0 Å². The Morgan fingerprint density at radius 1 is 0.905 bits per heavy atom. The molecule has 1 unspecified atom stereocenters. The summed E-state index contributed by atoms with van der Waals surface area (Å²) in [7, 11) is 0. The highest BCUT2D eigenvalue weighted by atomic mass is 35.5. The van der Waals surface area contributed by atoms with Gasteiger partial charge in [-0.05, 0) is 17.7 Å². The zero-order chi connectivity index (χ0) is 14.2. The van der Waals surface area contributed by atoms with Crippen LogP contribution in [0, 0.1) is 0 Å². The van der Waals surface area contributed by atoms with Crippen molar-refractivity contribution in [2.24, 2.45) is 4.99 Å². The third-order valence-electron chi connectivity index (χ3n) is 3.81. The fraction of sp³-hybridized carbons (Fsp3) is 0.0556. The van der Waals surface area contributed by atoms with Gasteiger partial charge in [0.1, 0.15) is 11.2 Å². The summed E-state index contributed by atoms with van der Waals surface area (Å²) in [6.07, 6.45) is 4.09.